The number of carbonyl (C=O) groups excluding carboxylic acids is 2. The van der Waals surface area contributed by atoms with Gasteiger partial charge in [-0.25, -0.2) is 18.0 Å². The molecule has 3 aromatic rings. The normalized spacial score (nSPS) is 13.4. The van der Waals surface area contributed by atoms with Gasteiger partial charge in [0.05, 0.1) is 12.7 Å². The fraction of sp³-hybridized carbons (Fsp3) is 0.120. The molecule has 0 radical (unpaired) electrons. The molecule has 37 heavy (non-hydrogen) atoms. The minimum atomic E-state index is -2.36. The SMILES string of the molecule is COc1ccc(Br)cc1/C=C1\Oc2c(ccc(OC(=O)COc3c(F)c(F)c(F)c(F)c3F)c2C)C1=O. The van der Waals surface area contributed by atoms with Gasteiger partial charge >= 0.3 is 5.97 Å². The van der Waals surface area contributed by atoms with Crippen molar-refractivity contribution in [3.8, 4) is 23.0 Å². The van der Waals surface area contributed by atoms with E-state index in [1.54, 1.807) is 18.2 Å². The van der Waals surface area contributed by atoms with Crippen LogP contribution in [0.15, 0.2) is 40.6 Å². The molecule has 192 valence electrons. The van der Waals surface area contributed by atoms with Gasteiger partial charge in [0.15, 0.2) is 18.1 Å². The summed E-state index contributed by atoms with van der Waals surface area (Å²) in [6.07, 6.45) is 1.48. The fourth-order valence-electron chi connectivity index (χ4n) is 3.43. The van der Waals surface area contributed by atoms with Crippen LogP contribution < -0.4 is 18.9 Å². The van der Waals surface area contributed by atoms with Crippen LogP contribution >= 0.6 is 15.9 Å². The number of hydrogen-bond donors (Lipinski definition) is 0. The highest BCUT2D eigenvalue weighted by Gasteiger charge is 2.31. The summed E-state index contributed by atoms with van der Waals surface area (Å²) in [6.45, 7) is 0.310. The molecule has 12 heteroatoms. The predicted octanol–water partition coefficient (Wildman–Crippen LogP) is 6.06. The van der Waals surface area contributed by atoms with E-state index in [0.717, 1.165) is 4.47 Å². The number of fused-ring (bicyclic) bond motifs is 1. The third-order valence-corrected chi connectivity index (χ3v) is 5.74. The molecule has 0 spiro atoms. The molecule has 0 amide bonds. The molecule has 0 N–H and O–H groups in total. The van der Waals surface area contributed by atoms with Crippen LogP contribution in [0.4, 0.5) is 22.0 Å². The Hall–Kier alpha value is -3.93. The van der Waals surface area contributed by atoms with Gasteiger partial charge in [-0.15, -0.1) is 0 Å². The van der Waals surface area contributed by atoms with Crippen molar-refractivity contribution in [2.24, 2.45) is 0 Å². The molecule has 0 bridgehead atoms. The largest absolute Gasteiger partial charge is 0.496 e. The Morgan fingerprint density at radius 2 is 1.59 bits per heavy atom. The van der Waals surface area contributed by atoms with Crippen LogP contribution in [0, 0.1) is 36.0 Å². The van der Waals surface area contributed by atoms with Gasteiger partial charge in [-0.2, -0.15) is 8.78 Å². The van der Waals surface area contributed by atoms with Crippen molar-refractivity contribution < 1.29 is 50.5 Å². The van der Waals surface area contributed by atoms with Crippen LogP contribution in [0.5, 0.6) is 23.0 Å². The van der Waals surface area contributed by atoms with Gasteiger partial charge in [0.2, 0.25) is 34.9 Å². The number of carbonyl (C=O) groups is 2. The van der Waals surface area contributed by atoms with E-state index in [2.05, 4.69) is 20.7 Å². The first-order valence-corrected chi connectivity index (χ1v) is 11.1. The van der Waals surface area contributed by atoms with Gasteiger partial charge in [0.25, 0.3) is 0 Å². The standard InChI is InChI=1S/C25H14BrF5O6/c1-10-14(36-17(32)9-35-25-21(30)19(28)18(27)20(29)22(25)31)6-4-13-23(33)16(37-24(10)13)8-11-7-12(26)3-5-15(11)34-2/h3-8H,9H2,1-2H3/b16-8-. The first kappa shape index (κ1) is 26.1. The van der Waals surface area contributed by atoms with Crippen LogP contribution in [0.2, 0.25) is 0 Å². The summed E-state index contributed by atoms with van der Waals surface area (Å²) in [7, 11) is 1.47. The number of rotatable bonds is 6. The van der Waals surface area contributed by atoms with Crippen molar-refractivity contribution in [3.63, 3.8) is 0 Å². The maximum absolute atomic E-state index is 13.7. The summed E-state index contributed by atoms with van der Waals surface area (Å²) in [5.74, 6) is -14.0. The molecule has 1 heterocycles. The van der Waals surface area contributed by atoms with Crippen molar-refractivity contribution in [3.05, 3.63) is 86.3 Å². The minimum absolute atomic E-state index is 0.0207. The van der Waals surface area contributed by atoms with E-state index in [-0.39, 0.29) is 28.4 Å². The van der Waals surface area contributed by atoms with Crippen LogP contribution in [0.3, 0.4) is 0 Å². The lowest BCUT2D eigenvalue weighted by Crippen LogP contribution is -2.20. The summed E-state index contributed by atoms with van der Waals surface area (Å²) in [6, 6.07) is 7.80. The number of methoxy groups -OCH3 is 1. The molecule has 0 atom stereocenters. The van der Waals surface area contributed by atoms with Crippen LogP contribution in [0.25, 0.3) is 6.08 Å². The number of allylic oxidation sites excluding steroid dienone is 1. The molecule has 0 aliphatic carbocycles. The number of ether oxygens (including phenoxy) is 4. The molecule has 4 rings (SSSR count). The van der Waals surface area contributed by atoms with E-state index < -0.39 is 53.2 Å². The Labute approximate surface area is 214 Å². The molecule has 0 aromatic heterocycles. The summed E-state index contributed by atoms with van der Waals surface area (Å²) >= 11 is 3.34. The molecule has 0 saturated heterocycles. The Balaban J connectivity index is 1.53. The van der Waals surface area contributed by atoms with E-state index in [9.17, 15) is 31.5 Å². The number of hydrogen-bond acceptors (Lipinski definition) is 6. The maximum Gasteiger partial charge on any atom is 0.349 e. The summed E-state index contributed by atoms with van der Waals surface area (Å²) in [4.78, 5) is 25.0. The summed E-state index contributed by atoms with van der Waals surface area (Å²) < 4.78 is 88.6. The molecule has 1 aliphatic heterocycles. The predicted molar refractivity (Wildman–Crippen MR) is 122 cm³/mol. The zero-order valence-electron chi connectivity index (χ0n) is 18.9. The quantitative estimate of drug-likeness (QED) is 0.0875. The average molecular weight is 585 g/mol. The van der Waals surface area contributed by atoms with Gasteiger partial charge in [-0.05, 0) is 43.3 Å². The second kappa shape index (κ2) is 10.2. The number of esters is 1. The Morgan fingerprint density at radius 3 is 2.24 bits per heavy atom. The second-order valence-electron chi connectivity index (χ2n) is 7.55. The van der Waals surface area contributed by atoms with Gasteiger partial charge in [-0.3, -0.25) is 4.79 Å². The number of ketones is 1. The monoisotopic (exact) mass is 584 g/mol. The number of benzene rings is 3. The lowest BCUT2D eigenvalue weighted by molar-refractivity contribution is -0.136. The van der Waals surface area contributed by atoms with Gasteiger partial charge in [-0.1, -0.05) is 15.9 Å². The van der Waals surface area contributed by atoms with Crippen LogP contribution in [-0.2, 0) is 4.79 Å². The Kier molecular flexibility index (Phi) is 7.21. The number of Topliss-reactive ketones (excluding diaryl/α,β-unsaturated/α-hetero) is 1. The van der Waals surface area contributed by atoms with E-state index in [1.807, 2.05) is 0 Å². The summed E-state index contributed by atoms with van der Waals surface area (Å²) in [5, 5.41) is 0. The highest BCUT2D eigenvalue weighted by Crippen LogP contribution is 2.40. The molecular formula is C25H14BrF5O6. The smallest absolute Gasteiger partial charge is 0.349 e. The summed E-state index contributed by atoms with van der Waals surface area (Å²) in [5.41, 5.74) is 0.984. The topological polar surface area (TPSA) is 71.1 Å². The van der Waals surface area contributed by atoms with Gasteiger partial charge in [0, 0.05) is 15.6 Å². The van der Waals surface area contributed by atoms with Crippen molar-refractivity contribution in [2.75, 3.05) is 13.7 Å². The maximum atomic E-state index is 13.7. The first-order chi connectivity index (χ1) is 17.5. The molecule has 0 saturated carbocycles. The van der Waals surface area contributed by atoms with Crippen LogP contribution in [-0.4, -0.2) is 25.5 Å². The zero-order valence-corrected chi connectivity index (χ0v) is 20.5. The molecule has 1 aliphatic rings. The Bertz CT molecular complexity index is 1460. The highest BCUT2D eigenvalue weighted by atomic mass is 79.9. The molecular weight excluding hydrogens is 571 g/mol. The van der Waals surface area contributed by atoms with Gasteiger partial charge < -0.3 is 18.9 Å². The number of halogens is 6. The first-order valence-electron chi connectivity index (χ1n) is 10.3. The van der Waals surface area contributed by atoms with Gasteiger partial charge in [0.1, 0.15) is 17.2 Å². The molecule has 6 nitrogen and oxygen atoms in total. The minimum Gasteiger partial charge on any atom is -0.496 e. The van der Waals surface area contributed by atoms with Crippen molar-refractivity contribution in [1.29, 1.82) is 0 Å². The van der Waals surface area contributed by atoms with Crippen LogP contribution in [0.1, 0.15) is 21.5 Å². The van der Waals surface area contributed by atoms with E-state index in [0.29, 0.717) is 11.3 Å². The van der Waals surface area contributed by atoms with Crippen molar-refractivity contribution in [2.45, 2.75) is 6.92 Å². The molecule has 0 unspecified atom stereocenters. The molecule has 3 aromatic carbocycles. The third kappa shape index (κ3) is 4.88. The third-order valence-electron chi connectivity index (χ3n) is 5.24. The Morgan fingerprint density at radius 1 is 0.973 bits per heavy atom. The lowest BCUT2D eigenvalue weighted by Gasteiger charge is -2.12. The van der Waals surface area contributed by atoms with E-state index in [4.69, 9.17) is 14.2 Å². The van der Waals surface area contributed by atoms with Crippen molar-refractivity contribution in [1.82, 2.24) is 0 Å². The highest BCUT2D eigenvalue weighted by molar-refractivity contribution is 9.10. The van der Waals surface area contributed by atoms with E-state index >= 15 is 0 Å². The second-order valence-corrected chi connectivity index (χ2v) is 8.47. The van der Waals surface area contributed by atoms with Crippen molar-refractivity contribution >= 4 is 33.8 Å². The fourth-order valence-corrected chi connectivity index (χ4v) is 3.81. The lowest BCUT2D eigenvalue weighted by atomic mass is 10.1. The zero-order chi connectivity index (χ0) is 27.0. The average Bonchev–Trinajstić information content (AvgIpc) is 3.19. The van der Waals surface area contributed by atoms with E-state index in [1.165, 1.54) is 32.2 Å². The molecule has 0 fully saturated rings.